The van der Waals surface area contributed by atoms with Crippen LogP contribution in [0.2, 0.25) is 0 Å². The SMILES string of the molecule is Cc1cc(C)c(NC(=O)Nc2ccccc2C(F)(F)F)c(C)c1. The first-order valence-electron chi connectivity index (χ1n) is 7.00. The molecule has 0 atom stereocenters. The first-order valence-corrected chi connectivity index (χ1v) is 7.00. The minimum Gasteiger partial charge on any atom is -0.307 e. The number of para-hydroxylation sites is 1. The number of hydrogen-bond donors (Lipinski definition) is 2. The minimum atomic E-state index is -4.53. The van der Waals surface area contributed by atoms with Crippen LogP contribution in [0.1, 0.15) is 22.3 Å². The highest BCUT2D eigenvalue weighted by atomic mass is 19.4. The van der Waals surface area contributed by atoms with Crippen LogP contribution in [-0.2, 0) is 6.18 Å². The lowest BCUT2D eigenvalue weighted by Gasteiger charge is -2.16. The van der Waals surface area contributed by atoms with Crippen molar-refractivity contribution in [3.05, 3.63) is 58.7 Å². The number of halogens is 3. The van der Waals surface area contributed by atoms with E-state index in [9.17, 15) is 18.0 Å². The summed E-state index contributed by atoms with van der Waals surface area (Å²) in [7, 11) is 0. The normalized spacial score (nSPS) is 11.2. The number of alkyl halides is 3. The number of nitrogens with one attached hydrogen (secondary N) is 2. The van der Waals surface area contributed by atoms with Crippen LogP contribution < -0.4 is 10.6 Å². The van der Waals surface area contributed by atoms with Gasteiger partial charge in [0.05, 0.1) is 11.3 Å². The number of hydrogen-bond acceptors (Lipinski definition) is 1. The van der Waals surface area contributed by atoms with E-state index < -0.39 is 17.8 Å². The van der Waals surface area contributed by atoms with Crippen molar-refractivity contribution >= 4 is 17.4 Å². The molecule has 0 saturated heterocycles. The average molecular weight is 322 g/mol. The fourth-order valence-corrected chi connectivity index (χ4v) is 2.48. The van der Waals surface area contributed by atoms with Crippen LogP contribution in [0.3, 0.4) is 0 Å². The zero-order chi connectivity index (χ0) is 17.2. The van der Waals surface area contributed by atoms with Crippen LogP contribution in [-0.4, -0.2) is 6.03 Å². The van der Waals surface area contributed by atoms with Crippen molar-refractivity contribution in [2.75, 3.05) is 10.6 Å². The molecular formula is C17H17F3N2O. The molecule has 0 radical (unpaired) electrons. The summed E-state index contributed by atoms with van der Waals surface area (Å²) in [5.41, 5.74) is 2.18. The second-order valence-electron chi connectivity index (χ2n) is 5.40. The predicted molar refractivity (Wildman–Crippen MR) is 84.7 cm³/mol. The number of aryl methyl sites for hydroxylation is 3. The molecule has 2 N–H and O–H groups in total. The molecule has 23 heavy (non-hydrogen) atoms. The molecule has 0 aliphatic carbocycles. The number of anilines is 2. The van der Waals surface area contributed by atoms with E-state index in [2.05, 4.69) is 10.6 Å². The minimum absolute atomic E-state index is 0.278. The molecule has 0 spiro atoms. The number of amides is 2. The molecule has 0 unspecified atom stereocenters. The Balaban J connectivity index is 2.22. The van der Waals surface area contributed by atoms with E-state index in [4.69, 9.17) is 0 Å². The van der Waals surface area contributed by atoms with Crippen molar-refractivity contribution in [2.24, 2.45) is 0 Å². The number of rotatable bonds is 2. The largest absolute Gasteiger partial charge is 0.418 e. The Morgan fingerprint density at radius 1 is 0.957 bits per heavy atom. The molecule has 0 bridgehead atoms. The lowest BCUT2D eigenvalue weighted by atomic mass is 10.1. The Labute approximate surface area is 132 Å². The number of carbonyl (C=O) groups is 1. The molecule has 2 rings (SSSR count). The average Bonchev–Trinajstić information content (AvgIpc) is 2.42. The predicted octanol–water partition coefficient (Wildman–Crippen LogP) is 5.27. The molecule has 0 aliphatic heterocycles. The zero-order valence-corrected chi connectivity index (χ0v) is 13.0. The van der Waals surface area contributed by atoms with Gasteiger partial charge in [0.1, 0.15) is 0 Å². The third kappa shape index (κ3) is 4.03. The van der Waals surface area contributed by atoms with E-state index in [-0.39, 0.29) is 5.69 Å². The van der Waals surface area contributed by atoms with E-state index in [0.29, 0.717) is 5.69 Å². The molecule has 0 fully saturated rings. The summed E-state index contributed by atoms with van der Waals surface area (Å²) >= 11 is 0. The van der Waals surface area contributed by atoms with E-state index in [1.807, 2.05) is 32.9 Å². The number of urea groups is 1. The van der Waals surface area contributed by atoms with Crippen LogP contribution in [0.15, 0.2) is 36.4 Å². The fourth-order valence-electron chi connectivity index (χ4n) is 2.48. The summed E-state index contributed by atoms with van der Waals surface area (Å²) < 4.78 is 38.8. The smallest absolute Gasteiger partial charge is 0.307 e. The van der Waals surface area contributed by atoms with Crippen LogP contribution in [0.25, 0.3) is 0 Å². The van der Waals surface area contributed by atoms with Gasteiger partial charge in [-0.25, -0.2) is 4.79 Å². The first-order chi connectivity index (χ1) is 10.7. The van der Waals surface area contributed by atoms with Crippen LogP contribution in [0.4, 0.5) is 29.3 Å². The lowest BCUT2D eigenvalue weighted by molar-refractivity contribution is -0.136. The van der Waals surface area contributed by atoms with Gasteiger partial charge in [-0.05, 0) is 44.0 Å². The molecule has 122 valence electrons. The molecule has 0 aromatic heterocycles. The Morgan fingerprint density at radius 3 is 2.09 bits per heavy atom. The highest BCUT2D eigenvalue weighted by Gasteiger charge is 2.33. The Morgan fingerprint density at radius 2 is 1.52 bits per heavy atom. The van der Waals surface area contributed by atoms with Gasteiger partial charge in [0.15, 0.2) is 0 Å². The third-order valence-electron chi connectivity index (χ3n) is 3.40. The van der Waals surface area contributed by atoms with Gasteiger partial charge in [0.25, 0.3) is 0 Å². The monoisotopic (exact) mass is 322 g/mol. The molecule has 0 aliphatic rings. The van der Waals surface area contributed by atoms with Crippen LogP contribution in [0.5, 0.6) is 0 Å². The summed E-state index contributed by atoms with van der Waals surface area (Å²) in [5.74, 6) is 0. The molecule has 0 heterocycles. The second-order valence-corrected chi connectivity index (χ2v) is 5.40. The molecule has 2 amide bonds. The maximum absolute atomic E-state index is 12.9. The maximum atomic E-state index is 12.9. The fraction of sp³-hybridized carbons (Fsp3) is 0.235. The topological polar surface area (TPSA) is 41.1 Å². The summed E-state index contributed by atoms with van der Waals surface area (Å²) in [5, 5.41) is 4.88. The van der Waals surface area contributed by atoms with Gasteiger partial charge in [-0.2, -0.15) is 13.2 Å². The maximum Gasteiger partial charge on any atom is 0.418 e. The van der Waals surface area contributed by atoms with Gasteiger partial charge < -0.3 is 10.6 Å². The third-order valence-corrected chi connectivity index (χ3v) is 3.40. The highest BCUT2D eigenvalue weighted by Crippen LogP contribution is 2.34. The molecule has 0 saturated carbocycles. The molecule has 2 aromatic carbocycles. The van der Waals surface area contributed by atoms with Gasteiger partial charge in [-0.1, -0.05) is 29.8 Å². The van der Waals surface area contributed by atoms with E-state index in [1.165, 1.54) is 18.2 Å². The van der Waals surface area contributed by atoms with Crippen molar-refractivity contribution in [1.29, 1.82) is 0 Å². The summed E-state index contributed by atoms with van der Waals surface area (Å²) in [6.07, 6.45) is -4.53. The quantitative estimate of drug-likeness (QED) is 0.776. The van der Waals surface area contributed by atoms with Crippen molar-refractivity contribution < 1.29 is 18.0 Å². The molecular weight excluding hydrogens is 305 g/mol. The molecule has 6 heteroatoms. The second kappa shape index (κ2) is 6.32. The Kier molecular flexibility index (Phi) is 4.63. The van der Waals surface area contributed by atoms with Gasteiger partial charge in [0.2, 0.25) is 0 Å². The van der Waals surface area contributed by atoms with Gasteiger partial charge in [0, 0.05) is 5.69 Å². The lowest BCUT2D eigenvalue weighted by Crippen LogP contribution is -2.22. The van der Waals surface area contributed by atoms with E-state index >= 15 is 0 Å². The van der Waals surface area contributed by atoms with Crippen molar-refractivity contribution in [3.63, 3.8) is 0 Å². The Hall–Kier alpha value is -2.50. The molecule has 2 aromatic rings. The summed E-state index contributed by atoms with van der Waals surface area (Å²) in [6.45, 7) is 5.60. The molecule has 3 nitrogen and oxygen atoms in total. The van der Waals surface area contributed by atoms with Gasteiger partial charge in [-0.15, -0.1) is 0 Å². The summed E-state index contributed by atoms with van der Waals surface area (Å²) in [4.78, 5) is 12.1. The first kappa shape index (κ1) is 16.9. The van der Waals surface area contributed by atoms with Crippen molar-refractivity contribution in [1.82, 2.24) is 0 Å². The number of carbonyl (C=O) groups excluding carboxylic acids is 1. The van der Waals surface area contributed by atoms with Crippen LogP contribution in [0, 0.1) is 20.8 Å². The van der Waals surface area contributed by atoms with E-state index in [1.54, 1.807) is 0 Å². The Bertz CT molecular complexity index is 716. The van der Waals surface area contributed by atoms with Crippen molar-refractivity contribution in [3.8, 4) is 0 Å². The standard InChI is InChI=1S/C17H17F3N2O/c1-10-8-11(2)15(12(3)9-10)22-16(23)21-14-7-5-4-6-13(14)17(18,19)20/h4-9H,1-3H3,(H2,21,22,23). The van der Waals surface area contributed by atoms with Gasteiger partial charge in [-0.3, -0.25) is 0 Å². The van der Waals surface area contributed by atoms with Crippen LogP contribution >= 0.6 is 0 Å². The van der Waals surface area contributed by atoms with Gasteiger partial charge >= 0.3 is 12.2 Å². The number of benzene rings is 2. The summed E-state index contributed by atoms with van der Waals surface area (Å²) in [6, 6.07) is 7.94. The van der Waals surface area contributed by atoms with Crippen molar-refractivity contribution in [2.45, 2.75) is 26.9 Å². The van der Waals surface area contributed by atoms with E-state index in [0.717, 1.165) is 22.8 Å². The zero-order valence-electron chi connectivity index (χ0n) is 13.0. The highest BCUT2D eigenvalue weighted by molar-refractivity contribution is 6.01.